The molecule has 1 heteroatoms. The van der Waals surface area contributed by atoms with E-state index in [1.165, 1.54) is 27.5 Å². The van der Waals surface area contributed by atoms with Gasteiger partial charge >= 0.3 is 0 Å². The van der Waals surface area contributed by atoms with Crippen molar-refractivity contribution in [2.24, 2.45) is 0 Å². The maximum absolute atomic E-state index is 5.83. The van der Waals surface area contributed by atoms with E-state index in [-0.39, 0.29) is 0 Å². The Bertz CT molecular complexity index is 801. The van der Waals surface area contributed by atoms with E-state index in [2.05, 4.69) is 42.5 Å². The van der Waals surface area contributed by atoms with E-state index in [9.17, 15) is 0 Å². The summed E-state index contributed by atoms with van der Waals surface area (Å²) in [5.74, 6) is 0.910. The topological polar surface area (TPSA) is 9.23 Å². The molecule has 0 amide bonds. The van der Waals surface area contributed by atoms with Crippen molar-refractivity contribution in [1.29, 1.82) is 0 Å². The third-order valence-electron chi connectivity index (χ3n) is 3.69. The van der Waals surface area contributed by atoms with Gasteiger partial charge in [-0.15, -0.1) is 0 Å². The summed E-state index contributed by atoms with van der Waals surface area (Å²) in [5, 5.41) is 2.65. The fraction of sp³-hybridized carbons (Fsp3) is 0.0526. The van der Waals surface area contributed by atoms with E-state index in [4.69, 9.17) is 4.74 Å². The van der Waals surface area contributed by atoms with Crippen LogP contribution in [0.15, 0.2) is 60.7 Å². The maximum Gasteiger partial charge on any atom is 0.119 e. The van der Waals surface area contributed by atoms with E-state index < -0.39 is 0 Å². The van der Waals surface area contributed by atoms with E-state index in [0.717, 1.165) is 5.75 Å². The van der Waals surface area contributed by atoms with Crippen LogP contribution in [0.4, 0.5) is 0 Å². The number of hydrogen-bond acceptors (Lipinski definition) is 1. The first kappa shape index (κ1) is 11.3. The molecule has 1 aliphatic carbocycles. The number of para-hydroxylation sites is 1. The number of benzene rings is 3. The highest BCUT2D eigenvalue weighted by atomic mass is 16.5. The molecular formula is C19H14O. The fourth-order valence-corrected chi connectivity index (χ4v) is 2.77. The van der Waals surface area contributed by atoms with E-state index in [1.54, 1.807) is 0 Å². The zero-order chi connectivity index (χ0) is 13.4. The quantitative estimate of drug-likeness (QED) is 0.507. The molecule has 3 aromatic carbocycles. The molecule has 1 aliphatic rings. The van der Waals surface area contributed by atoms with Crippen molar-refractivity contribution in [2.75, 3.05) is 0 Å². The van der Waals surface area contributed by atoms with E-state index in [0.29, 0.717) is 6.61 Å². The average Bonchev–Trinajstić information content (AvgIpc) is 2.91. The van der Waals surface area contributed by atoms with Gasteiger partial charge in [0, 0.05) is 0 Å². The minimum Gasteiger partial charge on any atom is -0.489 e. The molecule has 4 rings (SSSR count). The van der Waals surface area contributed by atoms with Crippen molar-refractivity contribution in [1.82, 2.24) is 0 Å². The molecule has 0 bridgehead atoms. The van der Waals surface area contributed by atoms with Gasteiger partial charge in [-0.2, -0.15) is 0 Å². The monoisotopic (exact) mass is 258 g/mol. The highest BCUT2D eigenvalue weighted by Gasteiger charge is 2.10. The largest absolute Gasteiger partial charge is 0.489 e. The molecule has 0 atom stereocenters. The van der Waals surface area contributed by atoms with Crippen LogP contribution >= 0.6 is 0 Å². The molecule has 20 heavy (non-hydrogen) atoms. The third-order valence-corrected chi connectivity index (χ3v) is 3.69. The summed E-state index contributed by atoms with van der Waals surface area (Å²) in [6.07, 6.45) is 4.36. The van der Waals surface area contributed by atoms with Crippen molar-refractivity contribution in [3.8, 4) is 5.75 Å². The summed E-state index contributed by atoms with van der Waals surface area (Å²) in [4.78, 5) is 0. The van der Waals surface area contributed by atoms with Gasteiger partial charge in [-0.05, 0) is 51.7 Å². The number of hydrogen-bond donors (Lipinski definition) is 0. The molecule has 0 fully saturated rings. The Labute approximate surface area is 118 Å². The Balaban J connectivity index is 1.67. The Morgan fingerprint density at radius 3 is 2.50 bits per heavy atom. The lowest BCUT2D eigenvalue weighted by atomic mass is 10.0. The van der Waals surface area contributed by atoms with Crippen molar-refractivity contribution < 1.29 is 4.74 Å². The second-order valence-corrected chi connectivity index (χ2v) is 5.07. The summed E-state index contributed by atoms with van der Waals surface area (Å²) >= 11 is 0. The molecule has 0 unspecified atom stereocenters. The van der Waals surface area contributed by atoms with Crippen LogP contribution in [0.1, 0.15) is 16.7 Å². The first-order valence-corrected chi connectivity index (χ1v) is 6.82. The summed E-state index contributed by atoms with van der Waals surface area (Å²) < 4.78 is 5.83. The van der Waals surface area contributed by atoms with Crippen LogP contribution in [0.25, 0.3) is 22.9 Å². The van der Waals surface area contributed by atoms with Gasteiger partial charge < -0.3 is 4.74 Å². The fourth-order valence-electron chi connectivity index (χ4n) is 2.77. The first-order chi connectivity index (χ1) is 9.90. The minimum absolute atomic E-state index is 0.602. The molecule has 0 saturated carbocycles. The lowest BCUT2D eigenvalue weighted by Crippen LogP contribution is -1.96. The zero-order valence-corrected chi connectivity index (χ0v) is 11.0. The van der Waals surface area contributed by atoms with Crippen molar-refractivity contribution >= 4 is 22.9 Å². The Hall–Kier alpha value is -2.54. The van der Waals surface area contributed by atoms with Gasteiger partial charge in [-0.1, -0.05) is 48.6 Å². The summed E-state index contributed by atoms with van der Waals surface area (Å²) in [6, 6.07) is 20.8. The zero-order valence-electron chi connectivity index (χ0n) is 11.0. The van der Waals surface area contributed by atoms with Crippen LogP contribution < -0.4 is 4.74 Å². The minimum atomic E-state index is 0.602. The molecule has 0 aliphatic heterocycles. The first-order valence-electron chi connectivity index (χ1n) is 6.82. The molecule has 0 N–H and O–H groups in total. The Kier molecular flexibility index (Phi) is 2.56. The second-order valence-electron chi connectivity index (χ2n) is 5.07. The predicted molar refractivity (Wildman–Crippen MR) is 83.7 cm³/mol. The van der Waals surface area contributed by atoms with Crippen molar-refractivity contribution in [2.45, 2.75) is 6.61 Å². The molecular weight excluding hydrogens is 244 g/mol. The van der Waals surface area contributed by atoms with Crippen LogP contribution in [0, 0.1) is 0 Å². The lowest BCUT2D eigenvalue weighted by Gasteiger charge is -2.09. The molecule has 96 valence electrons. The van der Waals surface area contributed by atoms with Crippen molar-refractivity contribution in [3.63, 3.8) is 0 Å². The molecule has 0 saturated heterocycles. The van der Waals surface area contributed by atoms with Crippen LogP contribution in [-0.2, 0) is 6.61 Å². The maximum atomic E-state index is 5.83. The predicted octanol–water partition coefficient (Wildman–Crippen LogP) is 4.90. The standard InChI is InChI=1S/C19H14O/c1-2-7-18(8-3-1)20-13-14-11-16-6-4-5-15-9-10-17(12-14)19(15)16/h1-12H,13H2. The molecule has 0 heterocycles. The summed E-state index contributed by atoms with van der Waals surface area (Å²) in [5.41, 5.74) is 3.82. The Morgan fingerprint density at radius 2 is 1.60 bits per heavy atom. The Morgan fingerprint density at radius 1 is 0.750 bits per heavy atom. The highest BCUT2D eigenvalue weighted by Crippen LogP contribution is 2.32. The van der Waals surface area contributed by atoms with E-state index >= 15 is 0 Å². The van der Waals surface area contributed by atoms with Crippen molar-refractivity contribution in [3.05, 3.63) is 77.4 Å². The number of rotatable bonds is 3. The third kappa shape index (κ3) is 1.88. The summed E-state index contributed by atoms with van der Waals surface area (Å²) in [7, 11) is 0. The molecule has 1 nitrogen and oxygen atoms in total. The molecule has 3 aromatic rings. The highest BCUT2D eigenvalue weighted by molar-refractivity contribution is 6.05. The normalized spacial score (nSPS) is 12.0. The number of ether oxygens (including phenoxy) is 1. The smallest absolute Gasteiger partial charge is 0.119 e. The lowest BCUT2D eigenvalue weighted by molar-refractivity contribution is 0.306. The summed E-state index contributed by atoms with van der Waals surface area (Å²) in [6.45, 7) is 0.602. The van der Waals surface area contributed by atoms with Gasteiger partial charge in [0.1, 0.15) is 12.4 Å². The van der Waals surface area contributed by atoms with Crippen LogP contribution in [-0.4, -0.2) is 0 Å². The molecule has 0 spiro atoms. The van der Waals surface area contributed by atoms with Gasteiger partial charge in [0.05, 0.1) is 0 Å². The molecule has 0 radical (unpaired) electrons. The van der Waals surface area contributed by atoms with Gasteiger partial charge in [-0.25, -0.2) is 0 Å². The second kappa shape index (κ2) is 4.53. The SMILES string of the molecule is C1=Cc2cc(COc3ccccc3)cc3cccc1c23. The van der Waals surface area contributed by atoms with Gasteiger partial charge in [0.15, 0.2) is 0 Å². The van der Waals surface area contributed by atoms with Crippen LogP contribution in [0.3, 0.4) is 0 Å². The van der Waals surface area contributed by atoms with E-state index in [1.807, 2.05) is 30.3 Å². The van der Waals surface area contributed by atoms with Gasteiger partial charge in [0.25, 0.3) is 0 Å². The van der Waals surface area contributed by atoms with Gasteiger partial charge in [-0.3, -0.25) is 0 Å². The van der Waals surface area contributed by atoms with Gasteiger partial charge in [0.2, 0.25) is 0 Å². The average molecular weight is 258 g/mol. The molecule has 0 aromatic heterocycles. The van der Waals surface area contributed by atoms with Crippen LogP contribution in [0.5, 0.6) is 5.75 Å². The van der Waals surface area contributed by atoms with Crippen LogP contribution in [0.2, 0.25) is 0 Å².